The van der Waals surface area contributed by atoms with Gasteiger partial charge in [-0.1, -0.05) is 18.3 Å². The summed E-state index contributed by atoms with van der Waals surface area (Å²) >= 11 is 2.51. The van der Waals surface area contributed by atoms with E-state index in [9.17, 15) is 9.59 Å². The molecule has 0 aliphatic heterocycles. The summed E-state index contributed by atoms with van der Waals surface area (Å²) in [5, 5.41) is 12.2. The van der Waals surface area contributed by atoms with E-state index >= 15 is 0 Å². The summed E-state index contributed by atoms with van der Waals surface area (Å²) in [6, 6.07) is 0.0836. The highest BCUT2D eigenvalue weighted by atomic mass is 32.2. The van der Waals surface area contributed by atoms with Crippen LogP contribution in [0.4, 0.5) is 9.93 Å². The van der Waals surface area contributed by atoms with Crippen LogP contribution < -0.4 is 5.32 Å². The van der Waals surface area contributed by atoms with Crippen molar-refractivity contribution in [2.45, 2.75) is 68.7 Å². The number of aliphatic carboxylic acids is 1. The molecule has 0 unspecified atom stereocenters. The molecule has 158 valence electrons. The van der Waals surface area contributed by atoms with Crippen LogP contribution in [0.15, 0.2) is 10.4 Å². The average molecular weight is 430 g/mol. The molecule has 1 heterocycles. The summed E-state index contributed by atoms with van der Waals surface area (Å²) in [6.07, 6.45) is 6.65. The molecule has 28 heavy (non-hydrogen) atoms. The van der Waals surface area contributed by atoms with E-state index in [1.165, 1.54) is 23.1 Å². The van der Waals surface area contributed by atoms with Crippen molar-refractivity contribution in [3.63, 3.8) is 0 Å². The minimum atomic E-state index is -0.873. The minimum absolute atomic E-state index is 0.0198. The highest BCUT2D eigenvalue weighted by molar-refractivity contribution is 8.01. The maximum Gasteiger partial charge on any atom is 0.323 e. The van der Waals surface area contributed by atoms with Gasteiger partial charge in [0, 0.05) is 19.7 Å². The van der Waals surface area contributed by atoms with Crippen LogP contribution in [0.5, 0.6) is 0 Å². The zero-order valence-corrected chi connectivity index (χ0v) is 18.7. The molecular weight excluding hydrogens is 398 g/mol. The standard InChI is InChI=1S/C19H31N3O4S2/c1-13-5-7-14(8-6-13)22(10-9-19(2,3)26-4)18(25)21-17-20-11-16(28-17)27-12-15(23)24/h11,13-14H,5-10,12H2,1-4H3,(H,23,24)(H,20,21,25)/t13-,14-. The van der Waals surface area contributed by atoms with Crippen molar-refractivity contribution < 1.29 is 19.4 Å². The number of nitrogens with one attached hydrogen (secondary N) is 1. The van der Waals surface area contributed by atoms with Crippen molar-refractivity contribution in [1.29, 1.82) is 0 Å². The van der Waals surface area contributed by atoms with Crippen LogP contribution in [-0.2, 0) is 9.53 Å². The van der Waals surface area contributed by atoms with Crippen LogP contribution in [0, 0.1) is 5.92 Å². The van der Waals surface area contributed by atoms with E-state index in [-0.39, 0.29) is 23.4 Å². The molecule has 7 nitrogen and oxygen atoms in total. The molecular formula is C19H31N3O4S2. The molecule has 0 radical (unpaired) electrons. The number of aromatic nitrogens is 1. The molecule has 1 aromatic heterocycles. The van der Waals surface area contributed by atoms with Crippen molar-refractivity contribution in [3.05, 3.63) is 6.20 Å². The van der Waals surface area contributed by atoms with Gasteiger partial charge in [0.25, 0.3) is 0 Å². The Morgan fingerprint density at radius 1 is 1.39 bits per heavy atom. The number of thiazole rings is 1. The van der Waals surface area contributed by atoms with Crippen molar-refractivity contribution in [1.82, 2.24) is 9.88 Å². The number of anilines is 1. The Labute approximate surface area is 175 Å². The predicted molar refractivity (Wildman–Crippen MR) is 113 cm³/mol. The Balaban J connectivity index is 2.02. The minimum Gasteiger partial charge on any atom is -0.481 e. The molecule has 0 bridgehead atoms. The Hall–Kier alpha value is -1.32. The van der Waals surface area contributed by atoms with Gasteiger partial charge in [0.2, 0.25) is 0 Å². The lowest BCUT2D eigenvalue weighted by Gasteiger charge is -2.37. The molecule has 2 rings (SSSR count). The highest BCUT2D eigenvalue weighted by Crippen LogP contribution is 2.31. The number of methoxy groups -OCH3 is 1. The quantitative estimate of drug-likeness (QED) is 0.560. The van der Waals surface area contributed by atoms with Gasteiger partial charge in [-0.25, -0.2) is 9.78 Å². The summed E-state index contributed by atoms with van der Waals surface area (Å²) < 4.78 is 6.29. The molecule has 2 amide bonds. The molecule has 1 aromatic rings. The summed E-state index contributed by atoms with van der Waals surface area (Å²) in [5.41, 5.74) is -0.289. The van der Waals surface area contributed by atoms with Gasteiger partial charge in [-0.05, 0) is 51.9 Å². The van der Waals surface area contributed by atoms with Gasteiger partial charge in [0.15, 0.2) is 5.13 Å². The maximum atomic E-state index is 13.0. The second-order valence-corrected chi connectivity index (χ2v) is 10.2. The second kappa shape index (κ2) is 10.5. The fourth-order valence-corrected chi connectivity index (χ4v) is 4.76. The van der Waals surface area contributed by atoms with Crippen LogP contribution in [0.2, 0.25) is 0 Å². The smallest absolute Gasteiger partial charge is 0.323 e. The van der Waals surface area contributed by atoms with E-state index in [0.717, 1.165) is 36.3 Å². The number of carbonyl (C=O) groups excluding carboxylic acids is 1. The van der Waals surface area contributed by atoms with Crippen LogP contribution in [0.1, 0.15) is 52.9 Å². The lowest BCUT2D eigenvalue weighted by atomic mass is 9.86. The molecule has 1 saturated carbocycles. The number of thioether (sulfide) groups is 1. The topological polar surface area (TPSA) is 91.8 Å². The Bertz CT molecular complexity index is 657. The predicted octanol–water partition coefficient (Wildman–Crippen LogP) is 4.55. The van der Waals surface area contributed by atoms with Crippen molar-refractivity contribution in [2.24, 2.45) is 5.92 Å². The monoisotopic (exact) mass is 429 g/mol. The van der Waals surface area contributed by atoms with Gasteiger partial charge in [-0.2, -0.15) is 0 Å². The van der Waals surface area contributed by atoms with E-state index in [0.29, 0.717) is 17.6 Å². The molecule has 0 atom stereocenters. The van der Waals surface area contributed by atoms with Crippen molar-refractivity contribution in [2.75, 3.05) is 24.7 Å². The van der Waals surface area contributed by atoms with E-state index in [1.807, 2.05) is 18.7 Å². The van der Waals surface area contributed by atoms with E-state index < -0.39 is 5.97 Å². The largest absolute Gasteiger partial charge is 0.481 e. The van der Waals surface area contributed by atoms with Crippen LogP contribution >= 0.6 is 23.1 Å². The first kappa shape index (κ1) is 23.0. The van der Waals surface area contributed by atoms with Crippen molar-refractivity contribution in [3.8, 4) is 0 Å². The third kappa shape index (κ3) is 7.25. The second-order valence-electron chi connectivity index (χ2n) is 7.92. The summed E-state index contributed by atoms with van der Waals surface area (Å²) in [4.78, 5) is 29.9. The SMILES string of the molecule is COC(C)(C)CCN(C(=O)Nc1ncc(SCC(=O)O)s1)[C@H]1CC[C@H](C)CC1. The fraction of sp³-hybridized carbons (Fsp3) is 0.737. The number of ether oxygens (including phenoxy) is 1. The van der Waals surface area contributed by atoms with Gasteiger partial charge in [-0.15, -0.1) is 11.8 Å². The molecule has 9 heteroatoms. The third-order valence-electron chi connectivity index (χ3n) is 5.23. The molecule has 2 N–H and O–H groups in total. The number of rotatable bonds is 9. The van der Waals surface area contributed by atoms with Crippen LogP contribution in [-0.4, -0.2) is 58.0 Å². The number of hydrogen-bond donors (Lipinski definition) is 2. The zero-order chi connectivity index (χ0) is 20.7. The van der Waals surface area contributed by atoms with Gasteiger partial charge in [-0.3, -0.25) is 10.1 Å². The maximum absolute atomic E-state index is 13.0. The number of amides is 2. The van der Waals surface area contributed by atoms with Gasteiger partial charge in [0.05, 0.1) is 21.8 Å². The lowest BCUT2D eigenvalue weighted by Crippen LogP contribution is -2.46. The molecule has 0 aromatic carbocycles. The average Bonchev–Trinajstić information content (AvgIpc) is 3.09. The third-order valence-corrected chi connectivity index (χ3v) is 7.32. The number of carboxylic acids is 1. The van der Waals surface area contributed by atoms with Crippen LogP contribution in [0.3, 0.4) is 0 Å². The lowest BCUT2D eigenvalue weighted by molar-refractivity contribution is -0.133. The highest BCUT2D eigenvalue weighted by Gasteiger charge is 2.30. The number of carbonyl (C=O) groups is 2. The molecule has 0 saturated heterocycles. The molecule has 1 aliphatic rings. The first-order valence-electron chi connectivity index (χ1n) is 9.63. The number of carboxylic acid groups (broad SMARTS) is 1. The van der Waals surface area contributed by atoms with E-state index in [2.05, 4.69) is 17.2 Å². The zero-order valence-electron chi connectivity index (χ0n) is 17.1. The van der Waals surface area contributed by atoms with Gasteiger partial charge in [0.1, 0.15) is 0 Å². The van der Waals surface area contributed by atoms with Crippen molar-refractivity contribution >= 4 is 40.2 Å². The molecule has 0 spiro atoms. The summed E-state index contributed by atoms with van der Waals surface area (Å²) in [7, 11) is 1.69. The number of hydrogen-bond acceptors (Lipinski definition) is 6. The first-order valence-corrected chi connectivity index (χ1v) is 11.4. The summed E-state index contributed by atoms with van der Waals surface area (Å²) in [5.74, 6) is -0.180. The normalized spacial score (nSPS) is 20.0. The first-order chi connectivity index (χ1) is 13.2. The summed E-state index contributed by atoms with van der Waals surface area (Å²) in [6.45, 7) is 6.94. The van der Waals surface area contributed by atoms with E-state index in [1.54, 1.807) is 13.3 Å². The fourth-order valence-electron chi connectivity index (χ4n) is 3.18. The number of nitrogens with zero attached hydrogens (tertiary/aromatic N) is 2. The Morgan fingerprint density at radius 3 is 2.68 bits per heavy atom. The molecule has 1 aliphatic carbocycles. The Morgan fingerprint density at radius 2 is 2.07 bits per heavy atom. The van der Waals surface area contributed by atoms with Crippen LogP contribution in [0.25, 0.3) is 0 Å². The Kier molecular flexibility index (Phi) is 8.57. The van der Waals surface area contributed by atoms with Gasteiger partial charge >= 0.3 is 12.0 Å². The number of urea groups is 1. The molecule has 1 fully saturated rings. The van der Waals surface area contributed by atoms with E-state index in [4.69, 9.17) is 9.84 Å². The van der Waals surface area contributed by atoms with Gasteiger partial charge < -0.3 is 14.7 Å².